The predicted octanol–water partition coefficient (Wildman–Crippen LogP) is 3.37. The van der Waals surface area contributed by atoms with E-state index in [1.165, 1.54) is 18.2 Å². The molecule has 2 heterocycles. The number of benzene rings is 1. The van der Waals surface area contributed by atoms with Gasteiger partial charge in [-0.3, -0.25) is 19.9 Å². The minimum Gasteiger partial charge on any atom is -0.360 e. The van der Waals surface area contributed by atoms with Gasteiger partial charge in [-0.25, -0.2) is 0 Å². The topological polar surface area (TPSA) is 88.9 Å². The molecule has 0 unspecified atom stereocenters. The summed E-state index contributed by atoms with van der Waals surface area (Å²) in [5.74, 6) is -0.226. The van der Waals surface area contributed by atoms with Crippen molar-refractivity contribution in [3.63, 3.8) is 0 Å². The lowest BCUT2D eigenvalue weighted by molar-refractivity contribution is -0.384. The van der Waals surface area contributed by atoms with Crippen molar-refractivity contribution in [3.8, 4) is 0 Å². The zero-order chi connectivity index (χ0) is 15.5. The summed E-state index contributed by atoms with van der Waals surface area (Å²) >= 11 is 0. The number of ketones is 1. The van der Waals surface area contributed by atoms with Gasteiger partial charge in [0.1, 0.15) is 0 Å². The number of aromatic amines is 1. The molecule has 108 valence electrons. The van der Waals surface area contributed by atoms with Crippen LogP contribution >= 0.6 is 0 Å². The number of pyridine rings is 1. The van der Waals surface area contributed by atoms with E-state index in [0.29, 0.717) is 16.5 Å². The summed E-state index contributed by atoms with van der Waals surface area (Å²) in [4.78, 5) is 29.6. The lowest BCUT2D eigenvalue weighted by atomic mass is 10.1. The van der Waals surface area contributed by atoms with Crippen LogP contribution in [0.5, 0.6) is 0 Å². The van der Waals surface area contributed by atoms with E-state index in [1.807, 2.05) is 6.07 Å². The second-order valence-corrected chi connectivity index (χ2v) is 4.67. The molecule has 0 saturated heterocycles. The summed E-state index contributed by atoms with van der Waals surface area (Å²) in [5.41, 5.74) is 1.85. The molecule has 0 aliphatic carbocycles. The number of allylic oxidation sites excluding steroid dienone is 1. The fourth-order valence-corrected chi connectivity index (χ4v) is 2.16. The van der Waals surface area contributed by atoms with Crippen molar-refractivity contribution >= 4 is 28.4 Å². The summed E-state index contributed by atoms with van der Waals surface area (Å²) in [6, 6.07) is 8.00. The van der Waals surface area contributed by atoms with E-state index >= 15 is 0 Å². The minimum absolute atomic E-state index is 0.0441. The van der Waals surface area contributed by atoms with Gasteiger partial charge in [-0.1, -0.05) is 6.07 Å². The Kier molecular flexibility index (Phi) is 3.49. The van der Waals surface area contributed by atoms with Crippen molar-refractivity contribution in [2.75, 3.05) is 0 Å². The molecule has 0 bridgehead atoms. The Hall–Kier alpha value is -3.28. The fraction of sp³-hybridized carbons (Fsp3) is 0. The molecule has 6 nitrogen and oxygen atoms in total. The molecule has 0 atom stereocenters. The summed E-state index contributed by atoms with van der Waals surface area (Å²) < 4.78 is 0. The van der Waals surface area contributed by atoms with Gasteiger partial charge in [-0.05, 0) is 29.8 Å². The monoisotopic (exact) mass is 293 g/mol. The first-order valence-corrected chi connectivity index (χ1v) is 6.53. The maximum Gasteiger partial charge on any atom is 0.270 e. The molecule has 1 aromatic carbocycles. The number of carbonyl (C=O) groups is 1. The number of H-pyrrole nitrogens is 1. The average Bonchev–Trinajstić information content (AvgIpc) is 2.96. The Bertz CT molecular complexity index is 882. The number of non-ortho nitro benzene ring substituents is 1. The quantitative estimate of drug-likeness (QED) is 0.345. The molecule has 3 aromatic rings. The number of hydrogen-bond acceptors (Lipinski definition) is 4. The van der Waals surface area contributed by atoms with Crippen LogP contribution in [-0.4, -0.2) is 20.7 Å². The Labute approximate surface area is 125 Å². The van der Waals surface area contributed by atoms with Gasteiger partial charge in [-0.15, -0.1) is 0 Å². The van der Waals surface area contributed by atoms with Crippen molar-refractivity contribution in [2.45, 2.75) is 0 Å². The van der Waals surface area contributed by atoms with Gasteiger partial charge in [0.2, 0.25) is 0 Å². The van der Waals surface area contributed by atoms with Crippen LogP contribution in [-0.2, 0) is 0 Å². The number of nitrogens with zero attached hydrogens (tertiary/aromatic N) is 2. The fourth-order valence-electron chi connectivity index (χ4n) is 2.16. The van der Waals surface area contributed by atoms with E-state index in [1.54, 1.807) is 36.8 Å². The Morgan fingerprint density at radius 2 is 2.18 bits per heavy atom. The van der Waals surface area contributed by atoms with Crippen molar-refractivity contribution in [1.29, 1.82) is 0 Å². The van der Waals surface area contributed by atoms with E-state index in [-0.39, 0.29) is 11.5 Å². The summed E-state index contributed by atoms with van der Waals surface area (Å²) in [6.45, 7) is 0. The van der Waals surface area contributed by atoms with Crippen LogP contribution < -0.4 is 0 Å². The summed E-state index contributed by atoms with van der Waals surface area (Å²) in [5, 5.41) is 11.4. The van der Waals surface area contributed by atoms with Gasteiger partial charge in [0.15, 0.2) is 5.78 Å². The third-order valence-corrected chi connectivity index (χ3v) is 3.25. The van der Waals surface area contributed by atoms with Crippen LogP contribution in [0.4, 0.5) is 5.69 Å². The first-order chi connectivity index (χ1) is 10.6. The molecule has 0 radical (unpaired) electrons. The molecule has 1 N–H and O–H groups in total. The van der Waals surface area contributed by atoms with E-state index in [2.05, 4.69) is 9.97 Å². The Balaban J connectivity index is 1.95. The van der Waals surface area contributed by atoms with Crippen LogP contribution in [0.15, 0.2) is 55.0 Å². The average molecular weight is 293 g/mol. The molecular formula is C16H11N3O3. The normalized spacial score (nSPS) is 11.1. The number of nitrogens with one attached hydrogen (secondary N) is 1. The van der Waals surface area contributed by atoms with Crippen LogP contribution in [0.1, 0.15) is 15.9 Å². The van der Waals surface area contributed by atoms with E-state index in [0.717, 1.165) is 5.56 Å². The van der Waals surface area contributed by atoms with Crippen LogP contribution in [0.2, 0.25) is 0 Å². The standard InChI is InChI=1S/C16H11N3O3/c20-16(6-3-11-2-1-7-17-9-11)14-10-18-15-5-4-12(19(21)22)8-13(14)15/h1-10,18H/b6-3+. The lowest BCUT2D eigenvalue weighted by Crippen LogP contribution is -1.93. The molecule has 0 amide bonds. The zero-order valence-corrected chi connectivity index (χ0v) is 11.4. The van der Waals surface area contributed by atoms with Gasteiger partial charge in [-0.2, -0.15) is 0 Å². The highest BCUT2D eigenvalue weighted by atomic mass is 16.6. The smallest absolute Gasteiger partial charge is 0.270 e. The highest BCUT2D eigenvalue weighted by Gasteiger charge is 2.13. The highest BCUT2D eigenvalue weighted by molar-refractivity contribution is 6.14. The molecule has 0 saturated carbocycles. The van der Waals surface area contributed by atoms with Gasteiger partial charge in [0.05, 0.1) is 4.92 Å². The maximum atomic E-state index is 12.3. The molecular weight excluding hydrogens is 282 g/mol. The number of aromatic nitrogens is 2. The molecule has 2 aromatic heterocycles. The number of nitro benzene ring substituents is 1. The minimum atomic E-state index is -0.480. The Morgan fingerprint density at radius 3 is 2.91 bits per heavy atom. The highest BCUT2D eigenvalue weighted by Crippen LogP contribution is 2.24. The molecule has 0 aliphatic rings. The Morgan fingerprint density at radius 1 is 1.32 bits per heavy atom. The SMILES string of the molecule is O=C(/C=C/c1cccnc1)c1c[nH]c2ccc([N+](=O)[O-])cc12. The number of rotatable bonds is 4. The van der Waals surface area contributed by atoms with Gasteiger partial charge in [0, 0.05) is 47.2 Å². The lowest BCUT2D eigenvalue weighted by Gasteiger charge is -1.95. The largest absolute Gasteiger partial charge is 0.360 e. The number of nitro groups is 1. The second-order valence-electron chi connectivity index (χ2n) is 4.67. The van der Waals surface area contributed by atoms with Crippen molar-refractivity contribution in [2.24, 2.45) is 0 Å². The van der Waals surface area contributed by atoms with Gasteiger partial charge < -0.3 is 4.98 Å². The van der Waals surface area contributed by atoms with E-state index < -0.39 is 4.92 Å². The third-order valence-electron chi connectivity index (χ3n) is 3.25. The van der Waals surface area contributed by atoms with E-state index in [9.17, 15) is 14.9 Å². The number of fused-ring (bicyclic) bond motifs is 1. The molecule has 3 rings (SSSR count). The van der Waals surface area contributed by atoms with E-state index in [4.69, 9.17) is 0 Å². The summed E-state index contributed by atoms with van der Waals surface area (Å²) in [6.07, 6.45) is 7.94. The maximum absolute atomic E-state index is 12.3. The molecule has 0 aliphatic heterocycles. The molecule has 22 heavy (non-hydrogen) atoms. The third kappa shape index (κ3) is 2.62. The second kappa shape index (κ2) is 5.61. The van der Waals surface area contributed by atoms with Gasteiger partial charge in [0.25, 0.3) is 5.69 Å². The number of carbonyl (C=O) groups excluding carboxylic acids is 1. The van der Waals surface area contributed by atoms with Crippen LogP contribution in [0.25, 0.3) is 17.0 Å². The molecule has 0 spiro atoms. The summed E-state index contributed by atoms with van der Waals surface area (Å²) in [7, 11) is 0. The van der Waals surface area contributed by atoms with Crippen molar-refractivity contribution in [3.05, 3.63) is 76.2 Å². The van der Waals surface area contributed by atoms with Gasteiger partial charge >= 0.3 is 0 Å². The van der Waals surface area contributed by atoms with Crippen molar-refractivity contribution in [1.82, 2.24) is 9.97 Å². The first kappa shape index (κ1) is 13.7. The predicted molar refractivity (Wildman–Crippen MR) is 82.6 cm³/mol. The molecule has 6 heteroatoms. The zero-order valence-electron chi connectivity index (χ0n) is 11.4. The number of hydrogen-bond donors (Lipinski definition) is 1. The first-order valence-electron chi connectivity index (χ1n) is 6.53. The van der Waals surface area contributed by atoms with Crippen LogP contribution in [0.3, 0.4) is 0 Å². The molecule has 0 fully saturated rings. The van der Waals surface area contributed by atoms with Crippen molar-refractivity contribution < 1.29 is 9.72 Å². The van der Waals surface area contributed by atoms with Crippen LogP contribution in [0, 0.1) is 10.1 Å².